The van der Waals surface area contributed by atoms with Crippen LogP contribution in [0.5, 0.6) is 0 Å². The number of aromatic nitrogens is 2. The van der Waals surface area contributed by atoms with Crippen LogP contribution in [0.4, 0.5) is 10.6 Å². The molecule has 1 fully saturated rings. The summed E-state index contributed by atoms with van der Waals surface area (Å²) in [5.41, 5.74) is 8.46. The van der Waals surface area contributed by atoms with Crippen LogP contribution < -0.4 is 11.1 Å². The van der Waals surface area contributed by atoms with E-state index in [1.54, 1.807) is 24.3 Å². The molecule has 28 heavy (non-hydrogen) atoms. The minimum Gasteiger partial charge on any atom is -0.465 e. The molecule has 4 rings (SSSR count). The van der Waals surface area contributed by atoms with Gasteiger partial charge in [-0.05, 0) is 40.9 Å². The molecule has 0 unspecified atom stereocenters. The van der Waals surface area contributed by atoms with Crippen molar-refractivity contribution in [2.75, 3.05) is 5.73 Å². The summed E-state index contributed by atoms with van der Waals surface area (Å²) in [6.45, 7) is 1.71. The maximum atomic E-state index is 11.3. The Bertz CT molecular complexity index is 1010. The second-order valence-corrected chi connectivity index (χ2v) is 8.26. The average Bonchev–Trinajstić information content (AvgIpc) is 3.14. The van der Waals surface area contributed by atoms with E-state index in [9.17, 15) is 15.0 Å². The van der Waals surface area contributed by atoms with Gasteiger partial charge in [0.2, 0.25) is 0 Å². The molecule has 0 spiro atoms. The number of nitrogen functional groups attached to an aromatic ring is 1. The Morgan fingerprint density at radius 2 is 1.89 bits per heavy atom. The van der Waals surface area contributed by atoms with Crippen LogP contribution in [-0.2, 0) is 5.54 Å². The van der Waals surface area contributed by atoms with Crippen LogP contribution in [0.3, 0.4) is 0 Å². The van der Waals surface area contributed by atoms with E-state index in [0.717, 1.165) is 22.3 Å². The van der Waals surface area contributed by atoms with E-state index in [1.807, 2.05) is 41.1 Å². The molecule has 8 heteroatoms. The van der Waals surface area contributed by atoms with Crippen LogP contribution in [0, 0.1) is 0 Å². The predicted octanol–water partition coefficient (Wildman–Crippen LogP) is 3.46. The lowest BCUT2D eigenvalue weighted by Crippen LogP contribution is -2.61. The van der Waals surface area contributed by atoms with Crippen molar-refractivity contribution in [2.45, 2.75) is 30.9 Å². The number of rotatable bonds is 4. The van der Waals surface area contributed by atoms with E-state index in [4.69, 9.17) is 5.73 Å². The summed E-state index contributed by atoms with van der Waals surface area (Å²) in [4.78, 5) is 11.3. The number of benzene rings is 1. The fourth-order valence-electron chi connectivity index (χ4n) is 4.02. The van der Waals surface area contributed by atoms with Crippen molar-refractivity contribution >= 4 is 23.2 Å². The molecule has 0 aliphatic heterocycles. The fraction of sp³-hybridized carbons (Fsp3) is 0.250. The largest absolute Gasteiger partial charge is 0.465 e. The topological polar surface area (TPSA) is 121 Å². The van der Waals surface area contributed by atoms with E-state index in [0.29, 0.717) is 24.4 Å². The van der Waals surface area contributed by atoms with Gasteiger partial charge in [0.05, 0.1) is 11.1 Å². The van der Waals surface area contributed by atoms with Crippen LogP contribution in [-0.4, -0.2) is 32.1 Å². The van der Waals surface area contributed by atoms with Gasteiger partial charge in [0, 0.05) is 24.0 Å². The Morgan fingerprint density at radius 3 is 2.46 bits per heavy atom. The van der Waals surface area contributed by atoms with Gasteiger partial charge in [0.15, 0.2) is 0 Å². The highest BCUT2D eigenvalue weighted by molar-refractivity contribution is 7.08. The third-order valence-electron chi connectivity index (χ3n) is 5.07. The van der Waals surface area contributed by atoms with Crippen molar-refractivity contribution < 1.29 is 15.0 Å². The smallest absolute Gasteiger partial charge is 0.405 e. The third kappa shape index (κ3) is 3.32. The van der Waals surface area contributed by atoms with E-state index in [2.05, 4.69) is 15.5 Å². The normalized spacial score (nSPS) is 23.8. The fourth-order valence-corrected chi connectivity index (χ4v) is 4.68. The Kier molecular flexibility index (Phi) is 4.32. The van der Waals surface area contributed by atoms with Gasteiger partial charge in [-0.1, -0.05) is 24.3 Å². The lowest BCUT2D eigenvalue weighted by molar-refractivity contribution is -0.0858. The summed E-state index contributed by atoms with van der Waals surface area (Å²) < 4.78 is 0. The van der Waals surface area contributed by atoms with Gasteiger partial charge in [-0.25, -0.2) is 4.79 Å². The first-order chi connectivity index (χ1) is 13.3. The summed E-state index contributed by atoms with van der Waals surface area (Å²) >= 11 is 1.59. The molecule has 5 N–H and O–H groups in total. The zero-order valence-electron chi connectivity index (χ0n) is 15.2. The molecular formula is C20H20N4O3S. The maximum Gasteiger partial charge on any atom is 0.405 e. The molecular weight excluding hydrogens is 376 g/mol. The second kappa shape index (κ2) is 6.57. The van der Waals surface area contributed by atoms with Gasteiger partial charge in [-0.15, -0.1) is 10.2 Å². The van der Waals surface area contributed by atoms with Crippen molar-refractivity contribution in [3.05, 3.63) is 52.7 Å². The number of carbonyl (C=O) groups is 1. The van der Waals surface area contributed by atoms with Gasteiger partial charge in [0.25, 0.3) is 0 Å². The Balaban J connectivity index is 1.71. The van der Waals surface area contributed by atoms with E-state index in [1.165, 1.54) is 0 Å². The van der Waals surface area contributed by atoms with Gasteiger partial charge in [-0.3, -0.25) is 0 Å². The molecule has 2 aromatic heterocycles. The lowest BCUT2D eigenvalue weighted by Gasteiger charge is -2.51. The molecule has 2 heterocycles. The first kappa shape index (κ1) is 18.4. The molecule has 0 bridgehead atoms. The SMILES string of the molecule is CC1(O)CC(NC(=O)O)(c2ccc(-c3nnc(N)cc3-c3ccsc3)cc2)C1. The summed E-state index contributed by atoms with van der Waals surface area (Å²) in [6, 6.07) is 11.3. The maximum absolute atomic E-state index is 11.3. The Labute approximate surface area is 165 Å². The molecule has 7 nitrogen and oxygen atoms in total. The summed E-state index contributed by atoms with van der Waals surface area (Å²) in [5, 5.41) is 34.3. The van der Waals surface area contributed by atoms with E-state index in [-0.39, 0.29) is 0 Å². The number of anilines is 1. The number of carboxylic acid groups (broad SMARTS) is 1. The molecule has 144 valence electrons. The Morgan fingerprint density at radius 1 is 1.18 bits per heavy atom. The molecule has 0 atom stereocenters. The molecule has 0 saturated heterocycles. The first-order valence-electron chi connectivity index (χ1n) is 8.78. The molecule has 0 radical (unpaired) electrons. The molecule has 1 saturated carbocycles. The summed E-state index contributed by atoms with van der Waals surface area (Å²) in [5.74, 6) is 0.350. The number of thiophene rings is 1. The Hall–Kier alpha value is -2.97. The van der Waals surface area contributed by atoms with Crippen molar-refractivity contribution in [2.24, 2.45) is 0 Å². The van der Waals surface area contributed by atoms with Gasteiger partial charge < -0.3 is 21.3 Å². The van der Waals surface area contributed by atoms with Crippen LogP contribution in [0.25, 0.3) is 22.4 Å². The van der Waals surface area contributed by atoms with Crippen molar-refractivity contribution in [3.8, 4) is 22.4 Å². The number of nitrogens with zero attached hydrogens (tertiary/aromatic N) is 2. The monoisotopic (exact) mass is 396 g/mol. The highest BCUT2D eigenvalue weighted by Crippen LogP contribution is 2.48. The van der Waals surface area contributed by atoms with Gasteiger partial charge >= 0.3 is 6.09 Å². The molecule has 1 aromatic carbocycles. The molecule has 3 aromatic rings. The second-order valence-electron chi connectivity index (χ2n) is 7.48. The van der Waals surface area contributed by atoms with Crippen LogP contribution >= 0.6 is 11.3 Å². The first-order valence-corrected chi connectivity index (χ1v) is 9.73. The minimum atomic E-state index is -1.11. The number of hydrogen-bond donors (Lipinski definition) is 4. The van der Waals surface area contributed by atoms with E-state index < -0.39 is 17.2 Å². The number of nitrogens with two attached hydrogens (primary N) is 1. The molecule has 1 aliphatic carbocycles. The van der Waals surface area contributed by atoms with Crippen molar-refractivity contribution in [3.63, 3.8) is 0 Å². The van der Waals surface area contributed by atoms with Crippen molar-refractivity contribution in [1.82, 2.24) is 15.5 Å². The summed E-state index contributed by atoms with van der Waals surface area (Å²) in [7, 11) is 0. The number of hydrogen-bond acceptors (Lipinski definition) is 6. The quantitative estimate of drug-likeness (QED) is 0.536. The number of aliphatic hydroxyl groups is 1. The zero-order chi connectivity index (χ0) is 19.9. The highest BCUT2D eigenvalue weighted by Gasteiger charge is 2.53. The lowest BCUT2D eigenvalue weighted by atomic mass is 9.62. The highest BCUT2D eigenvalue weighted by atomic mass is 32.1. The van der Waals surface area contributed by atoms with Crippen molar-refractivity contribution in [1.29, 1.82) is 0 Å². The standard InChI is InChI=1S/C20H20N4O3S/c1-19(27)10-20(11-19,22-18(25)26)14-4-2-12(3-5-14)17-15(8-16(21)23-24-17)13-6-7-28-9-13/h2-9,22,27H,10-11H2,1H3,(H2,21,23)(H,25,26). The van der Waals surface area contributed by atoms with Crippen LogP contribution in [0.2, 0.25) is 0 Å². The molecule has 1 amide bonds. The van der Waals surface area contributed by atoms with Crippen LogP contribution in [0.15, 0.2) is 47.2 Å². The summed E-state index contributed by atoms with van der Waals surface area (Å²) in [6.07, 6.45) is -0.454. The van der Waals surface area contributed by atoms with Gasteiger partial charge in [-0.2, -0.15) is 11.3 Å². The zero-order valence-corrected chi connectivity index (χ0v) is 16.0. The van der Waals surface area contributed by atoms with E-state index >= 15 is 0 Å². The third-order valence-corrected chi connectivity index (χ3v) is 5.75. The number of amides is 1. The van der Waals surface area contributed by atoms with Gasteiger partial charge in [0.1, 0.15) is 11.5 Å². The average molecular weight is 396 g/mol. The molecule has 1 aliphatic rings. The minimum absolute atomic E-state index is 0.327. The number of nitrogens with one attached hydrogen (secondary N) is 1. The predicted molar refractivity (Wildman–Crippen MR) is 108 cm³/mol. The van der Waals surface area contributed by atoms with Crippen LogP contribution in [0.1, 0.15) is 25.3 Å².